The molecule has 0 fully saturated rings. The number of benzene rings is 1. The first-order chi connectivity index (χ1) is 6.49. The quantitative estimate of drug-likeness (QED) is 0.449. The molecule has 0 aliphatic heterocycles. The lowest BCUT2D eigenvalue weighted by Crippen LogP contribution is -2.07. The van der Waals surface area contributed by atoms with E-state index in [1.54, 1.807) is 18.2 Å². The fourth-order valence-corrected chi connectivity index (χ4v) is 0.914. The summed E-state index contributed by atoms with van der Waals surface area (Å²) in [5, 5.41) is 0. The second kappa shape index (κ2) is 4.41. The standard InChI is InChI=1S/C7H5ClO5S/c8-14(10,11)13-12-7(9)6-4-2-1-3-5-6/h1-5H. The van der Waals surface area contributed by atoms with Gasteiger partial charge in [-0.25, -0.2) is 4.79 Å². The van der Waals surface area contributed by atoms with Crippen LogP contribution in [0.4, 0.5) is 0 Å². The van der Waals surface area contributed by atoms with Crippen LogP contribution in [-0.2, 0) is 18.6 Å². The maximum Gasteiger partial charge on any atom is 0.390 e. The summed E-state index contributed by atoms with van der Waals surface area (Å²) in [5.74, 6) is -0.935. The highest BCUT2D eigenvalue weighted by molar-refractivity contribution is 8.09. The normalized spacial score (nSPS) is 10.9. The van der Waals surface area contributed by atoms with Crippen molar-refractivity contribution in [3.63, 3.8) is 0 Å². The Kier molecular flexibility index (Phi) is 3.45. The van der Waals surface area contributed by atoms with Crippen molar-refractivity contribution in [2.45, 2.75) is 0 Å². The highest BCUT2D eigenvalue weighted by Gasteiger charge is 2.13. The molecule has 76 valence electrons. The molecule has 0 heterocycles. The van der Waals surface area contributed by atoms with Crippen molar-refractivity contribution in [1.82, 2.24) is 0 Å². The fourth-order valence-electron chi connectivity index (χ4n) is 0.694. The van der Waals surface area contributed by atoms with Gasteiger partial charge in [0.1, 0.15) is 0 Å². The Morgan fingerprint density at radius 2 is 1.79 bits per heavy atom. The van der Waals surface area contributed by atoms with E-state index in [1.807, 2.05) is 0 Å². The summed E-state index contributed by atoms with van der Waals surface area (Å²) in [6.45, 7) is 0. The molecule has 14 heavy (non-hydrogen) atoms. The number of halogens is 1. The smallest absolute Gasteiger partial charge is 0.275 e. The highest BCUT2D eigenvalue weighted by atomic mass is 35.7. The van der Waals surface area contributed by atoms with E-state index in [0.29, 0.717) is 0 Å². The Balaban J connectivity index is 2.61. The van der Waals surface area contributed by atoms with E-state index in [9.17, 15) is 13.2 Å². The van der Waals surface area contributed by atoms with Crippen LogP contribution >= 0.6 is 10.7 Å². The van der Waals surface area contributed by atoms with E-state index < -0.39 is 15.3 Å². The lowest BCUT2D eigenvalue weighted by Gasteiger charge is -1.98. The topological polar surface area (TPSA) is 69.7 Å². The Hall–Kier alpha value is -1.11. The van der Waals surface area contributed by atoms with E-state index in [-0.39, 0.29) is 5.56 Å². The number of carbonyl (C=O) groups excluding carboxylic acids is 1. The third-order valence-corrected chi connectivity index (χ3v) is 1.59. The number of hydrogen-bond donors (Lipinski definition) is 0. The van der Waals surface area contributed by atoms with Crippen molar-refractivity contribution >= 4 is 26.0 Å². The molecule has 1 aromatic carbocycles. The van der Waals surface area contributed by atoms with Gasteiger partial charge in [0.25, 0.3) is 0 Å². The molecule has 0 unspecified atom stereocenters. The number of carbonyl (C=O) groups is 1. The third-order valence-electron chi connectivity index (χ3n) is 1.20. The summed E-state index contributed by atoms with van der Waals surface area (Å²) >= 11 is 0. The second-order valence-corrected chi connectivity index (χ2v) is 4.25. The van der Waals surface area contributed by atoms with E-state index in [0.717, 1.165) is 0 Å². The third kappa shape index (κ3) is 3.73. The van der Waals surface area contributed by atoms with Crippen LogP contribution in [0.2, 0.25) is 0 Å². The molecular formula is C7H5ClO5S. The summed E-state index contributed by atoms with van der Waals surface area (Å²) in [6.07, 6.45) is 0. The fraction of sp³-hybridized carbons (Fsp3) is 0. The SMILES string of the molecule is O=C(OOS(=O)(=O)Cl)c1ccccc1. The Morgan fingerprint density at radius 3 is 2.29 bits per heavy atom. The summed E-state index contributed by atoms with van der Waals surface area (Å²) in [6, 6.07) is 7.74. The second-order valence-electron chi connectivity index (χ2n) is 2.20. The molecule has 0 saturated carbocycles. The zero-order valence-corrected chi connectivity index (χ0v) is 8.29. The Morgan fingerprint density at radius 1 is 1.21 bits per heavy atom. The maximum absolute atomic E-state index is 11.0. The van der Waals surface area contributed by atoms with Crippen molar-refractivity contribution in [2.24, 2.45) is 0 Å². The lowest BCUT2D eigenvalue weighted by molar-refractivity contribution is -0.141. The van der Waals surface area contributed by atoms with Gasteiger partial charge in [0.2, 0.25) is 0 Å². The Bertz CT molecular complexity index is 413. The predicted molar refractivity (Wildman–Crippen MR) is 47.7 cm³/mol. The maximum atomic E-state index is 11.0. The molecule has 0 radical (unpaired) electrons. The minimum atomic E-state index is -4.30. The van der Waals surface area contributed by atoms with Gasteiger partial charge < -0.3 is 0 Å². The van der Waals surface area contributed by atoms with Crippen LogP contribution in [0.15, 0.2) is 30.3 Å². The molecule has 0 atom stereocenters. The van der Waals surface area contributed by atoms with Gasteiger partial charge in [-0.15, -0.1) is 0 Å². The molecule has 0 aliphatic carbocycles. The largest absolute Gasteiger partial charge is 0.390 e. The highest BCUT2D eigenvalue weighted by Crippen LogP contribution is 2.05. The van der Waals surface area contributed by atoms with Crippen LogP contribution < -0.4 is 0 Å². The van der Waals surface area contributed by atoms with Crippen LogP contribution in [0.5, 0.6) is 0 Å². The van der Waals surface area contributed by atoms with Crippen molar-refractivity contribution in [3.05, 3.63) is 35.9 Å². The summed E-state index contributed by atoms with van der Waals surface area (Å²) in [7, 11) is 0.339. The van der Waals surface area contributed by atoms with E-state index in [2.05, 4.69) is 19.9 Å². The zero-order valence-electron chi connectivity index (χ0n) is 6.71. The van der Waals surface area contributed by atoms with Crippen molar-refractivity contribution in [1.29, 1.82) is 0 Å². The molecule has 5 nitrogen and oxygen atoms in total. The first-order valence-corrected chi connectivity index (χ1v) is 5.62. The number of rotatable bonds is 3. The molecule has 0 N–H and O–H groups in total. The molecule has 1 rings (SSSR count). The molecule has 0 saturated heterocycles. The van der Waals surface area contributed by atoms with E-state index >= 15 is 0 Å². The molecular weight excluding hydrogens is 232 g/mol. The molecule has 1 aromatic rings. The van der Waals surface area contributed by atoms with Crippen molar-refractivity contribution < 1.29 is 22.4 Å². The van der Waals surface area contributed by atoms with Crippen LogP contribution in [0.25, 0.3) is 0 Å². The first-order valence-electron chi connectivity index (χ1n) is 3.39. The van der Waals surface area contributed by atoms with Gasteiger partial charge in [0, 0.05) is 0 Å². The van der Waals surface area contributed by atoms with Gasteiger partial charge in [-0.1, -0.05) is 18.2 Å². The Labute approximate surface area is 84.8 Å². The molecule has 0 bridgehead atoms. The van der Waals surface area contributed by atoms with Gasteiger partial charge in [-0.2, -0.15) is 8.42 Å². The molecule has 0 amide bonds. The van der Waals surface area contributed by atoms with Gasteiger partial charge in [-0.3, -0.25) is 4.89 Å². The minimum absolute atomic E-state index is 0.160. The summed E-state index contributed by atoms with van der Waals surface area (Å²) in [4.78, 5) is 15.0. The van der Waals surface area contributed by atoms with E-state index in [1.165, 1.54) is 12.1 Å². The molecule has 0 spiro atoms. The van der Waals surface area contributed by atoms with E-state index in [4.69, 9.17) is 0 Å². The summed E-state index contributed by atoms with van der Waals surface area (Å²) in [5.41, 5.74) is 0.160. The van der Waals surface area contributed by atoms with Crippen LogP contribution in [0.3, 0.4) is 0 Å². The molecule has 7 heteroatoms. The van der Waals surface area contributed by atoms with Crippen molar-refractivity contribution in [2.75, 3.05) is 0 Å². The van der Waals surface area contributed by atoms with Gasteiger partial charge in [0.05, 0.1) is 16.2 Å². The molecule has 0 aliphatic rings. The van der Waals surface area contributed by atoms with Gasteiger partial charge >= 0.3 is 15.3 Å². The minimum Gasteiger partial charge on any atom is -0.275 e. The van der Waals surface area contributed by atoms with Gasteiger partial charge in [0.15, 0.2) is 0 Å². The van der Waals surface area contributed by atoms with Crippen molar-refractivity contribution in [3.8, 4) is 0 Å². The average molecular weight is 237 g/mol. The monoisotopic (exact) mass is 236 g/mol. The van der Waals surface area contributed by atoms with Crippen LogP contribution in [-0.4, -0.2) is 14.4 Å². The number of hydrogen-bond acceptors (Lipinski definition) is 5. The zero-order chi connectivity index (χ0) is 10.6. The average Bonchev–Trinajstić information content (AvgIpc) is 2.14. The lowest BCUT2D eigenvalue weighted by atomic mass is 10.2. The predicted octanol–water partition coefficient (Wildman–Crippen LogP) is 1.26. The molecule has 0 aromatic heterocycles. The summed E-state index contributed by atoms with van der Waals surface area (Å²) < 4.78 is 24.1. The first kappa shape index (κ1) is 11.0. The van der Waals surface area contributed by atoms with Crippen LogP contribution in [0.1, 0.15) is 10.4 Å². The van der Waals surface area contributed by atoms with Crippen LogP contribution in [0, 0.1) is 0 Å². The van der Waals surface area contributed by atoms with Gasteiger partial charge in [-0.05, 0) is 16.5 Å².